The summed E-state index contributed by atoms with van der Waals surface area (Å²) in [6, 6.07) is 16.8. The Morgan fingerprint density at radius 3 is 3.03 bits per heavy atom. The highest BCUT2D eigenvalue weighted by Crippen LogP contribution is 2.39. The second-order valence-corrected chi connectivity index (χ2v) is 10.1. The van der Waals surface area contributed by atoms with Crippen molar-refractivity contribution in [3.8, 4) is 5.75 Å². The summed E-state index contributed by atoms with van der Waals surface area (Å²) < 4.78 is 7.21. The zero-order valence-electron chi connectivity index (χ0n) is 17.6. The van der Waals surface area contributed by atoms with E-state index in [4.69, 9.17) is 16.3 Å². The fourth-order valence-corrected chi connectivity index (χ4v) is 6.16. The molecule has 0 radical (unpaired) electrons. The highest BCUT2D eigenvalue weighted by Gasteiger charge is 2.28. The minimum Gasteiger partial charge on any atom is -0.490 e. The molecule has 3 atom stereocenters. The van der Waals surface area contributed by atoms with Crippen LogP contribution in [-0.4, -0.2) is 46.8 Å². The van der Waals surface area contributed by atoms with Gasteiger partial charge in [0.25, 0.3) is 0 Å². The molecule has 1 saturated heterocycles. The van der Waals surface area contributed by atoms with Crippen LogP contribution in [0.5, 0.6) is 5.75 Å². The molecule has 2 aromatic carbocycles. The molecule has 0 aliphatic carbocycles. The molecule has 1 aliphatic rings. The predicted molar refractivity (Wildman–Crippen MR) is 130 cm³/mol. The molecule has 3 heterocycles. The van der Waals surface area contributed by atoms with Crippen LogP contribution < -0.4 is 4.74 Å². The number of aliphatic hydroxyl groups excluding tert-OH is 1. The molecule has 1 unspecified atom stereocenters. The number of ether oxygens (including phenoxy) is 1. The number of aliphatic hydroxyl groups is 1. The lowest BCUT2D eigenvalue weighted by Gasteiger charge is -2.38. The van der Waals surface area contributed by atoms with Crippen molar-refractivity contribution >= 4 is 43.9 Å². The van der Waals surface area contributed by atoms with Crippen LogP contribution in [0.2, 0.25) is 5.02 Å². The number of hydrogen-bond donors (Lipinski definition) is 2. The first kappa shape index (κ1) is 20.8. The first-order valence-corrected chi connectivity index (χ1v) is 12.1. The number of piperidine rings is 1. The van der Waals surface area contributed by atoms with Gasteiger partial charge in [0.1, 0.15) is 18.5 Å². The fourth-order valence-electron chi connectivity index (χ4n) is 4.67. The normalized spacial score (nSPS) is 21.0. The quantitative estimate of drug-likeness (QED) is 0.373. The Hall–Kier alpha value is -2.05. The number of benzene rings is 2. The Kier molecular flexibility index (Phi) is 5.93. The third kappa shape index (κ3) is 4.46. The number of likely N-dealkylation sites (tertiary alicyclic amines) is 1. The van der Waals surface area contributed by atoms with Crippen LogP contribution in [0.15, 0.2) is 54.7 Å². The Labute approximate surface area is 191 Å². The van der Waals surface area contributed by atoms with Gasteiger partial charge in [-0.1, -0.05) is 23.7 Å². The van der Waals surface area contributed by atoms with Gasteiger partial charge < -0.3 is 14.8 Å². The summed E-state index contributed by atoms with van der Waals surface area (Å²) in [4.78, 5) is 7.04. The van der Waals surface area contributed by atoms with Gasteiger partial charge in [-0.15, -0.1) is 11.3 Å². The van der Waals surface area contributed by atoms with E-state index in [0.717, 1.165) is 41.1 Å². The molecule has 162 valence electrons. The molecule has 2 aromatic heterocycles. The Bertz CT molecular complexity index is 1190. The molecule has 4 nitrogen and oxygen atoms in total. The van der Waals surface area contributed by atoms with E-state index in [1.165, 1.54) is 15.0 Å². The summed E-state index contributed by atoms with van der Waals surface area (Å²) in [5.41, 5.74) is 1.05. The predicted octanol–water partition coefficient (Wildman–Crippen LogP) is 6.04. The molecule has 1 fully saturated rings. The number of aromatic amines is 1. The lowest BCUT2D eigenvalue weighted by Crippen LogP contribution is -2.45. The first-order chi connectivity index (χ1) is 15.1. The van der Waals surface area contributed by atoms with Gasteiger partial charge in [-0.2, -0.15) is 0 Å². The van der Waals surface area contributed by atoms with Crippen molar-refractivity contribution < 1.29 is 9.84 Å². The summed E-state index contributed by atoms with van der Waals surface area (Å²) >= 11 is 8.02. The number of aromatic nitrogens is 1. The molecule has 0 bridgehead atoms. The highest BCUT2D eigenvalue weighted by atomic mass is 35.5. The molecular weight excluding hydrogens is 428 g/mol. The second kappa shape index (κ2) is 8.83. The number of H-pyrrole nitrogens is 1. The maximum absolute atomic E-state index is 10.6. The molecule has 0 saturated carbocycles. The topological polar surface area (TPSA) is 48.5 Å². The largest absolute Gasteiger partial charge is 0.490 e. The zero-order chi connectivity index (χ0) is 21.4. The average molecular weight is 455 g/mol. The van der Waals surface area contributed by atoms with E-state index in [-0.39, 0.29) is 0 Å². The van der Waals surface area contributed by atoms with E-state index >= 15 is 0 Å². The van der Waals surface area contributed by atoms with Crippen molar-refractivity contribution in [1.29, 1.82) is 0 Å². The van der Waals surface area contributed by atoms with E-state index < -0.39 is 6.10 Å². The van der Waals surface area contributed by atoms with Gasteiger partial charge in [0.2, 0.25) is 0 Å². The van der Waals surface area contributed by atoms with E-state index in [1.54, 1.807) is 0 Å². The Balaban J connectivity index is 1.17. The maximum atomic E-state index is 10.6. The van der Waals surface area contributed by atoms with Gasteiger partial charge in [0.05, 0.1) is 0 Å². The van der Waals surface area contributed by atoms with Crippen molar-refractivity contribution in [2.75, 3.05) is 19.7 Å². The van der Waals surface area contributed by atoms with Crippen LogP contribution in [0.3, 0.4) is 0 Å². The SMILES string of the molecule is C[C@H]1C[C@@H](c2cc3ccc(Cl)cc3s2)CCN1CC(O)COc1cccc2[nH]ccc12. The van der Waals surface area contributed by atoms with Gasteiger partial charge in [-0.3, -0.25) is 4.90 Å². The number of nitrogens with one attached hydrogen (secondary N) is 1. The number of fused-ring (bicyclic) bond motifs is 2. The molecule has 4 aromatic rings. The minimum absolute atomic E-state index is 0.300. The molecule has 0 amide bonds. The first-order valence-electron chi connectivity index (χ1n) is 10.9. The number of β-amino-alcohol motifs (C(OH)–C–C–N with tert-alkyl or cyclic N) is 1. The molecule has 1 aliphatic heterocycles. The lowest BCUT2D eigenvalue weighted by molar-refractivity contribution is 0.0408. The maximum Gasteiger partial charge on any atom is 0.128 e. The van der Waals surface area contributed by atoms with Gasteiger partial charge in [0, 0.05) is 44.3 Å². The summed E-state index contributed by atoms with van der Waals surface area (Å²) in [5.74, 6) is 1.39. The molecule has 6 heteroatoms. The molecule has 0 spiro atoms. The van der Waals surface area contributed by atoms with E-state index in [0.29, 0.717) is 25.1 Å². The summed E-state index contributed by atoms with van der Waals surface area (Å²) in [5, 5.41) is 13.8. The highest BCUT2D eigenvalue weighted by molar-refractivity contribution is 7.19. The van der Waals surface area contributed by atoms with Gasteiger partial charge in [-0.05, 0) is 74.0 Å². The smallest absolute Gasteiger partial charge is 0.128 e. The fraction of sp³-hybridized carbons (Fsp3) is 0.360. The molecule has 2 N–H and O–H groups in total. The summed E-state index contributed by atoms with van der Waals surface area (Å²) in [7, 11) is 0. The number of nitrogens with zero attached hydrogens (tertiary/aromatic N) is 1. The van der Waals surface area contributed by atoms with Crippen molar-refractivity contribution in [1.82, 2.24) is 9.88 Å². The van der Waals surface area contributed by atoms with E-state index in [1.807, 2.05) is 47.9 Å². The number of rotatable bonds is 6. The van der Waals surface area contributed by atoms with Crippen LogP contribution in [0.4, 0.5) is 0 Å². The van der Waals surface area contributed by atoms with Gasteiger partial charge >= 0.3 is 0 Å². The standard InChI is InChI=1S/C25H27ClN2O2S/c1-16-11-18(24-12-17-5-6-19(26)13-25(17)31-24)8-10-28(16)14-20(29)15-30-23-4-2-3-22-21(23)7-9-27-22/h2-7,9,12-13,16,18,20,27,29H,8,10-11,14-15H2,1H3/t16-,18-,20?/m0/s1. The molecule has 5 rings (SSSR count). The monoisotopic (exact) mass is 454 g/mol. The second-order valence-electron chi connectivity index (χ2n) is 8.56. The van der Waals surface area contributed by atoms with Crippen molar-refractivity contribution in [3.63, 3.8) is 0 Å². The minimum atomic E-state index is -0.514. The van der Waals surface area contributed by atoms with Crippen LogP contribution >= 0.6 is 22.9 Å². The third-order valence-electron chi connectivity index (χ3n) is 6.35. The molecular formula is C25H27ClN2O2S. The Morgan fingerprint density at radius 2 is 2.16 bits per heavy atom. The van der Waals surface area contributed by atoms with Crippen molar-refractivity contribution in [2.24, 2.45) is 0 Å². The number of thiophene rings is 1. The average Bonchev–Trinajstić information content (AvgIpc) is 3.40. The zero-order valence-corrected chi connectivity index (χ0v) is 19.1. The summed E-state index contributed by atoms with van der Waals surface area (Å²) in [6.45, 7) is 4.20. The van der Waals surface area contributed by atoms with Crippen LogP contribution in [0.25, 0.3) is 21.0 Å². The molecule has 31 heavy (non-hydrogen) atoms. The van der Waals surface area contributed by atoms with Crippen LogP contribution in [0, 0.1) is 0 Å². The summed E-state index contributed by atoms with van der Waals surface area (Å²) in [6.07, 6.45) is 3.61. The van der Waals surface area contributed by atoms with Gasteiger partial charge in [-0.25, -0.2) is 0 Å². The number of hydrogen-bond acceptors (Lipinski definition) is 4. The Morgan fingerprint density at radius 1 is 1.26 bits per heavy atom. The van der Waals surface area contributed by atoms with E-state index in [2.05, 4.69) is 35.0 Å². The van der Waals surface area contributed by atoms with Crippen LogP contribution in [0.1, 0.15) is 30.6 Å². The van der Waals surface area contributed by atoms with Gasteiger partial charge in [0.15, 0.2) is 0 Å². The van der Waals surface area contributed by atoms with Crippen LogP contribution in [-0.2, 0) is 0 Å². The van der Waals surface area contributed by atoms with E-state index in [9.17, 15) is 5.11 Å². The van der Waals surface area contributed by atoms with Crippen molar-refractivity contribution in [3.05, 3.63) is 64.6 Å². The third-order valence-corrected chi connectivity index (χ3v) is 7.84. The lowest BCUT2D eigenvalue weighted by atomic mass is 9.90. The number of halogens is 1. The van der Waals surface area contributed by atoms with Crippen molar-refractivity contribution in [2.45, 2.75) is 37.8 Å².